The molecule has 0 fully saturated rings. The van der Waals surface area contributed by atoms with Crippen LogP contribution < -0.4 is 0 Å². The molecule has 6 nitrogen and oxygen atoms in total. The maximum absolute atomic E-state index is 13.2. The van der Waals surface area contributed by atoms with Gasteiger partial charge in [-0.2, -0.15) is 0 Å². The molecule has 0 aliphatic heterocycles. The number of unbranched alkanes of at least 4 members (excludes halogenated alkanes) is 3. The van der Waals surface area contributed by atoms with Crippen molar-refractivity contribution >= 4 is 17.3 Å². The van der Waals surface area contributed by atoms with Crippen molar-refractivity contribution < 1.29 is 19.2 Å². The first kappa shape index (κ1) is 24.1. The largest absolute Gasteiger partial charge is 0.511 e. The number of aliphatic hydroxyl groups is 1. The molecule has 0 radical (unpaired) electrons. The zero-order valence-corrected chi connectivity index (χ0v) is 20.0. The first-order valence-electron chi connectivity index (χ1n) is 12.6. The van der Waals surface area contributed by atoms with Crippen LogP contribution in [0.3, 0.4) is 0 Å². The highest BCUT2D eigenvalue weighted by Gasteiger charge is 2.32. The monoisotopic (exact) mass is 462 g/mol. The van der Waals surface area contributed by atoms with Crippen LogP contribution in [0.25, 0.3) is 0 Å². The van der Waals surface area contributed by atoms with Crippen molar-refractivity contribution in [2.45, 2.75) is 83.5 Å². The standard InChI is InChI=1S/C28H34N2O4/c1-2-3-4-8-16-29-21(14-15-22-28-23(31)12-9-13-26(28)34-30-22)27-24(32)17-20(18-25(27)33)19-10-6-5-7-11-19/h5-7,10-11,20,32H,2-4,8-9,12-18H2,1H3. The van der Waals surface area contributed by atoms with Crippen LogP contribution in [-0.4, -0.2) is 34.1 Å². The molecule has 2 aromatic rings. The van der Waals surface area contributed by atoms with Gasteiger partial charge in [-0.3, -0.25) is 14.6 Å². The molecule has 1 atom stereocenters. The van der Waals surface area contributed by atoms with Crippen LogP contribution in [0.5, 0.6) is 0 Å². The molecule has 4 rings (SSSR count). The summed E-state index contributed by atoms with van der Waals surface area (Å²) in [5, 5.41) is 15.1. The van der Waals surface area contributed by atoms with E-state index < -0.39 is 0 Å². The second-order valence-electron chi connectivity index (χ2n) is 9.35. The molecule has 34 heavy (non-hydrogen) atoms. The Morgan fingerprint density at radius 3 is 2.68 bits per heavy atom. The van der Waals surface area contributed by atoms with Gasteiger partial charge in [0.2, 0.25) is 0 Å². The van der Waals surface area contributed by atoms with E-state index in [1.165, 1.54) is 0 Å². The Hall–Kier alpha value is -3.02. The number of Topliss-reactive ketones (excluding diaryl/α,β-unsaturated/α-hetero) is 2. The number of carbonyl (C=O) groups is 2. The van der Waals surface area contributed by atoms with Gasteiger partial charge in [0, 0.05) is 37.9 Å². The molecule has 2 aliphatic carbocycles. The van der Waals surface area contributed by atoms with Crippen LogP contribution >= 0.6 is 0 Å². The second-order valence-corrected chi connectivity index (χ2v) is 9.35. The van der Waals surface area contributed by atoms with E-state index in [9.17, 15) is 14.7 Å². The van der Waals surface area contributed by atoms with Gasteiger partial charge in [-0.15, -0.1) is 0 Å². The molecule has 0 amide bonds. The first-order chi connectivity index (χ1) is 16.6. The predicted molar refractivity (Wildman–Crippen MR) is 132 cm³/mol. The van der Waals surface area contributed by atoms with Crippen molar-refractivity contribution in [2.24, 2.45) is 4.99 Å². The van der Waals surface area contributed by atoms with Crippen molar-refractivity contribution in [3.05, 3.63) is 64.2 Å². The molecule has 1 unspecified atom stereocenters. The first-order valence-corrected chi connectivity index (χ1v) is 12.6. The van der Waals surface area contributed by atoms with E-state index in [0.29, 0.717) is 67.0 Å². The lowest BCUT2D eigenvalue weighted by atomic mass is 9.80. The highest BCUT2D eigenvalue weighted by atomic mass is 16.5. The number of carbonyl (C=O) groups excluding carboxylic acids is 2. The number of aromatic nitrogens is 1. The molecule has 1 aromatic heterocycles. The number of nitrogens with zero attached hydrogens (tertiary/aromatic N) is 2. The van der Waals surface area contributed by atoms with Crippen LogP contribution in [0.15, 0.2) is 51.2 Å². The summed E-state index contributed by atoms with van der Waals surface area (Å²) in [6.07, 6.45) is 8.08. The molecule has 0 saturated heterocycles. The molecule has 0 bridgehead atoms. The summed E-state index contributed by atoms with van der Waals surface area (Å²) in [7, 11) is 0. The second kappa shape index (κ2) is 11.4. The number of allylic oxidation sites excluding steroid dienone is 2. The summed E-state index contributed by atoms with van der Waals surface area (Å²) in [5.41, 5.74) is 3.32. The molecule has 1 aromatic carbocycles. The third-order valence-corrected chi connectivity index (χ3v) is 6.83. The maximum atomic E-state index is 13.2. The fourth-order valence-corrected chi connectivity index (χ4v) is 5.01. The number of hydrogen-bond acceptors (Lipinski definition) is 6. The molecule has 1 N–H and O–H groups in total. The third kappa shape index (κ3) is 5.54. The summed E-state index contributed by atoms with van der Waals surface area (Å²) in [6, 6.07) is 9.87. The van der Waals surface area contributed by atoms with Crippen molar-refractivity contribution in [3.8, 4) is 0 Å². The minimum absolute atomic E-state index is 0.0246. The lowest BCUT2D eigenvalue weighted by Gasteiger charge is -2.24. The van der Waals surface area contributed by atoms with Gasteiger partial charge in [-0.25, -0.2) is 0 Å². The minimum Gasteiger partial charge on any atom is -0.511 e. The Morgan fingerprint density at radius 2 is 1.91 bits per heavy atom. The van der Waals surface area contributed by atoms with Crippen LogP contribution in [0.2, 0.25) is 0 Å². The summed E-state index contributed by atoms with van der Waals surface area (Å²) >= 11 is 0. The average Bonchev–Trinajstić information content (AvgIpc) is 3.26. The van der Waals surface area contributed by atoms with E-state index in [4.69, 9.17) is 9.52 Å². The van der Waals surface area contributed by atoms with E-state index in [1.54, 1.807) is 0 Å². The number of aliphatic hydroxyl groups excluding tert-OH is 1. The summed E-state index contributed by atoms with van der Waals surface area (Å²) in [5.74, 6) is 0.783. The Kier molecular flexibility index (Phi) is 8.09. The van der Waals surface area contributed by atoms with Gasteiger partial charge < -0.3 is 9.63 Å². The van der Waals surface area contributed by atoms with Gasteiger partial charge in [0.25, 0.3) is 0 Å². The summed E-state index contributed by atoms with van der Waals surface area (Å²) in [6.45, 7) is 2.79. The number of ketones is 2. The molecule has 0 saturated carbocycles. The summed E-state index contributed by atoms with van der Waals surface area (Å²) < 4.78 is 5.43. The van der Waals surface area contributed by atoms with Gasteiger partial charge in [0.1, 0.15) is 11.5 Å². The third-order valence-electron chi connectivity index (χ3n) is 6.83. The van der Waals surface area contributed by atoms with E-state index in [1.807, 2.05) is 30.3 Å². The number of hydrogen-bond donors (Lipinski definition) is 1. The molecule has 0 spiro atoms. The lowest BCUT2D eigenvalue weighted by molar-refractivity contribution is -0.116. The van der Waals surface area contributed by atoms with Crippen LogP contribution in [0.4, 0.5) is 0 Å². The SMILES string of the molecule is CCCCCCN=C(CCc1noc2c1C(=O)CCC2)C1=C(O)CC(c2ccccc2)CC1=O. The molecular weight excluding hydrogens is 428 g/mol. The van der Waals surface area contributed by atoms with Crippen molar-refractivity contribution in [1.82, 2.24) is 5.16 Å². The van der Waals surface area contributed by atoms with E-state index in [-0.39, 0.29) is 23.2 Å². The van der Waals surface area contributed by atoms with Gasteiger partial charge in [0.15, 0.2) is 11.6 Å². The highest BCUT2D eigenvalue weighted by Crippen LogP contribution is 2.35. The number of aryl methyl sites for hydroxylation is 2. The predicted octanol–water partition coefficient (Wildman–Crippen LogP) is 6.11. The quantitative estimate of drug-likeness (QED) is 0.340. The molecule has 1 heterocycles. The average molecular weight is 463 g/mol. The van der Waals surface area contributed by atoms with Crippen LogP contribution in [-0.2, 0) is 17.6 Å². The Bertz CT molecular complexity index is 1080. The minimum atomic E-state index is -0.0665. The Morgan fingerprint density at radius 1 is 1.09 bits per heavy atom. The van der Waals surface area contributed by atoms with Crippen LogP contribution in [0.1, 0.15) is 98.0 Å². The number of aliphatic imine (C=N–C) groups is 1. The van der Waals surface area contributed by atoms with Gasteiger partial charge >= 0.3 is 0 Å². The topological polar surface area (TPSA) is 92.8 Å². The molecule has 6 heteroatoms. The van der Waals surface area contributed by atoms with Crippen molar-refractivity contribution in [2.75, 3.05) is 6.54 Å². The van der Waals surface area contributed by atoms with E-state index in [2.05, 4.69) is 12.1 Å². The van der Waals surface area contributed by atoms with E-state index >= 15 is 0 Å². The summed E-state index contributed by atoms with van der Waals surface area (Å²) in [4.78, 5) is 30.4. The molecule has 2 aliphatic rings. The zero-order chi connectivity index (χ0) is 23.9. The fraction of sp³-hybridized carbons (Fsp3) is 0.500. The van der Waals surface area contributed by atoms with Crippen LogP contribution in [0, 0.1) is 0 Å². The zero-order valence-electron chi connectivity index (χ0n) is 20.0. The molecule has 180 valence electrons. The van der Waals surface area contributed by atoms with Gasteiger partial charge in [-0.05, 0) is 37.2 Å². The van der Waals surface area contributed by atoms with Crippen molar-refractivity contribution in [3.63, 3.8) is 0 Å². The van der Waals surface area contributed by atoms with Gasteiger partial charge in [0.05, 0.1) is 16.8 Å². The maximum Gasteiger partial charge on any atom is 0.168 e. The Balaban J connectivity index is 1.55. The van der Waals surface area contributed by atoms with Crippen molar-refractivity contribution in [1.29, 1.82) is 0 Å². The fourth-order valence-electron chi connectivity index (χ4n) is 5.01. The van der Waals surface area contributed by atoms with E-state index in [0.717, 1.165) is 44.1 Å². The number of benzene rings is 1. The normalized spacial score (nSPS) is 19.0. The smallest absolute Gasteiger partial charge is 0.168 e. The lowest BCUT2D eigenvalue weighted by Crippen LogP contribution is -2.24. The highest BCUT2D eigenvalue weighted by molar-refractivity contribution is 6.23. The number of rotatable bonds is 10. The Labute approximate surface area is 201 Å². The molecular formula is C28H34N2O4. The number of fused-ring (bicyclic) bond motifs is 1. The van der Waals surface area contributed by atoms with Gasteiger partial charge in [-0.1, -0.05) is 61.7 Å².